The Morgan fingerprint density at radius 1 is 1.14 bits per heavy atom. The van der Waals surface area contributed by atoms with Crippen LogP contribution in [-0.4, -0.2) is 28.9 Å². The zero-order valence-corrected chi connectivity index (χ0v) is 12.2. The van der Waals surface area contributed by atoms with Gasteiger partial charge in [-0.1, -0.05) is 29.7 Å². The molecule has 0 saturated heterocycles. The molecule has 0 amide bonds. The van der Waals surface area contributed by atoms with Crippen LogP contribution in [0.4, 0.5) is 5.69 Å². The van der Waals surface area contributed by atoms with Crippen molar-refractivity contribution in [3.8, 4) is 11.1 Å². The first-order valence-electron chi connectivity index (χ1n) is 7.07. The minimum absolute atomic E-state index is 0.256. The highest BCUT2D eigenvalue weighted by Crippen LogP contribution is 2.37. The molecule has 0 aliphatic heterocycles. The van der Waals surface area contributed by atoms with Crippen molar-refractivity contribution < 1.29 is 9.31 Å². The van der Waals surface area contributed by atoms with Gasteiger partial charge in [-0.15, -0.1) is 0 Å². The topological polar surface area (TPSA) is 56.5 Å². The van der Waals surface area contributed by atoms with Gasteiger partial charge in [0.15, 0.2) is 0 Å². The van der Waals surface area contributed by atoms with Crippen LogP contribution in [0, 0.1) is 0 Å². The Kier molecular flexibility index (Phi) is 4.29. The van der Waals surface area contributed by atoms with Gasteiger partial charge in [-0.2, -0.15) is 0 Å². The minimum Gasteiger partial charge on any atom is -0.422 e. The molecule has 0 atom stereocenters. The summed E-state index contributed by atoms with van der Waals surface area (Å²) in [6.07, 6.45) is 0.962. The van der Waals surface area contributed by atoms with Crippen LogP contribution in [-0.2, 0) is 15.7 Å². The van der Waals surface area contributed by atoms with Gasteiger partial charge in [0.1, 0.15) is 0 Å². The van der Waals surface area contributed by atoms with Crippen molar-refractivity contribution in [3.63, 3.8) is 0 Å². The third-order valence-electron chi connectivity index (χ3n) is 3.75. The van der Waals surface area contributed by atoms with Gasteiger partial charge in [0.05, 0.1) is 6.73 Å². The molecule has 0 spiro atoms. The molecule has 0 bridgehead atoms. The number of anilines is 1. The normalized spacial score (nSPS) is 11.7. The Labute approximate surface area is 126 Å². The maximum Gasteiger partial charge on any atom is 0.393 e. The van der Waals surface area contributed by atoms with Crippen LogP contribution in [0.2, 0.25) is 0 Å². The summed E-state index contributed by atoms with van der Waals surface area (Å²) in [5, 5.41) is 3.23. The molecule has 0 heterocycles. The summed E-state index contributed by atoms with van der Waals surface area (Å²) in [5.41, 5.74) is 13.0. The number of hydrogen-bond acceptors (Lipinski definition) is 4. The lowest BCUT2D eigenvalue weighted by molar-refractivity contribution is 0.355. The van der Waals surface area contributed by atoms with Crippen molar-refractivity contribution >= 4 is 26.2 Å². The fourth-order valence-corrected chi connectivity index (χ4v) is 2.80. The van der Waals surface area contributed by atoms with E-state index in [-0.39, 0.29) is 6.73 Å². The summed E-state index contributed by atoms with van der Waals surface area (Å²) in [4.78, 5) is 0. The molecule has 0 aromatic heterocycles. The van der Waals surface area contributed by atoms with Crippen LogP contribution >= 0.6 is 0 Å². The summed E-state index contributed by atoms with van der Waals surface area (Å²) >= 11 is 0. The van der Waals surface area contributed by atoms with Gasteiger partial charge in [-0.05, 0) is 40.8 Å². The summed E-state index contributed by atoms with van der Waals surface area (Å²) in [6, 6.07) is 13.0. The molecule has 0 unspecified atom stereocenters. The van der Waals surface area contributed by atoms with E-state index in [1.807, 2.05) is 0 Å². The molecular weight excluding hydrogens is 262 g/mol. The first kappa shape index (κ1) is 14.2. The third kappa shape index (κ3) is 2.97. The number of nitrogens with one attached hydrogen (secondary N) is 1. The summed E-state index contributed by atoms with van der Waals surface area (Å²) in [6.45, 7) is 0.256. The number of rotatable bonds is 6. The van der Waals surface area contributed by atoms with E-state index in [9.17, 15) is 0 Å². The Morgan fingerprint density at radius 3 is 2.67 bits per heavy atom. The standard InChI is InChI=1S/C15H18B2N2O2/c1-20-17-19-13-3-5-15-11(8-13)6-10-7-12(16-21-9-18)2-4-14(10)15/h2-5,7-8,16-17,19H,6,9,18H2,1H3. The van der Waals surface area contributed by atoms with Gasteiger partial charge >= 0.3 is 15.1 Å². The molecule has 3 rings (SSSR count). The highest BCUT2D eigenvalue weighted by atomic mass is 16.4. The highest BCUT2D eigenvalue weighted by molar-refractivity contribution is 6.47. The number of hydrogen-bond donors (Lipinski definition) is 2. The van der Waals surface area contributed by atoms with Crippen molar-refractivity contribution in [1.29, 1.82) is 0 Å². The maximum absolute atomic E-state index is 5.38. The van der Waals surface area contributed by atoms with Gasteiger partial charge in [0, 0.05) is 12.8 Å². The second-order valence-corrected chi connectivity index (χ2v) is 5.17. The Hall–Kier alpha value is -1.75. The van der Waals surface area contributed by atoms with Crippen LogP contribution in [0.25, 0.3) is 11.1 Å². The van der Waals surface area contributed by atoms with Crippen molar-refractivity contribution in [1.82, 2.24) is 0 Å². The third-order valence-corrected chi connectivity index (χ3v) is 3.75. The average Bonchev–Trinajstić information content (AvgIpc) is 2.87. The molecule has 21 heavy (non-hydrogen) atoms. The van der Waals surface area contributed by atoms with Gasteiger partial charge in [-0.3, -0.25) is 0 Å². The van der Waals surface area contributed by atoms with Crippen molar-refractivity contribution in [2.75, 3.05) is 19.1 Å². The van der Waals surface area contributed by atoms with E-state index < -0.39 is 0 Å². The van der Waals surface area contributed by atoms with E-state index in [0.717, 1.165) is 12.1 Å². The number of benzene rings is 2. The van der Waals surface area contributed by atoms with Crippen LogP contribution in [0.1, 0.15) is 11.1 Å². The molecule has 0 radical (unpaired) electrons. The first-order valence-corrected chi connectivity index (χ1v) is 7.07. The molecule has 2 aromatic carbocycles. The second-order valence-electron chi connectivity index (χ2n) is 5.17. The molecule has 3 N–H and O–H groups in total. The average molecular weight is 280 g/mol. The van der Waals surface area contributed by atoms with Gasteiger partial charge in [0.2, 0.25) is 0 Å². The number of nitrogens with two attached hydrogens (primary N) is 1. The predicted octanol–water partition coefficient (Wildman–Crippen LogP) is 0.492. The molecule has 2 aromatic rings. The molecule has 4 nitrogen and oxygen atoms in total. The smallest absolute Gasteiger partial charge is 0.393 e. The molecule has 0 saturated carbocycles. The lowest BCUT2D eigenvalue weighted by Gasteiger charge is -2.06. The molecular formula is C15H18B2N2O2. The van der Waals surface area contributed by atoms with Gasteiger partial charge in [-0.25, -0.2) is 0 Å². The molecule has 0 fully saturated rings. The van der Waals surface area contributed by atoms with Gasteiger partial charge < -0.3 is 20.3 Å². The van der Waals surface area contributed by atoms with Crippen LogP contribution in [0.15, 0.2) is 36.4 Å². The summed E-state index contributed by atoms with van der Waals surface area (Å²) in [7, 11) is 2.77. The van der Waals surface area contributed by atoms with E-state index in [1.165, 1.54) is 27.7 Å². The van der Waals surface area contributed by atoms with Crippen molar-refractivity contribution in [2.45, 2.75) is 6.42 Å². The zero-order chi connectivity index (χ0) is 14.7. The monoisotopic (exact) mass is 280 g/mol. The van der Waals surface area contributed by atoms with Crippen molar-refractivity contribution in [3.05, 3.63) is 47.5 Å². The van der Waals surface area contributed by atoms with E-state index in [2.05, 4.69) is 41.6 Å². The summed E-state index contributed by atoms with van der Waals surface area (Å²) in [5.74, 6) is 0. The van der Waals surface area contributed by atoms with Crippen LogP contribution in [0.5, 0.6) is 0 Å². The second kappa shape index (κ2) is 6.35. The van der Waals surface area contributed by atoms with Crippen LogP contribution < -0.4 is 16.4 Å². The van der Waals surface area contributed by atoms with E-state index in [4.69, 9.17) is 15.0 Å². The molecule has 6 heteroatoms. The summed E-state index contributed by atoms with van der Waals surface area (Å²) < 4.78 is 10.3. The Balaban J connectivity index is 1.83. The fourth-order valence-electron chi connectivity index (χ4n) is 2.80. The van der Waals surface area contributed by atoms with E-state index >= 15 is 0 Å². The fraction of sp³-hybridized carbons (Fsp3) is 0.200. The van der Waals surface area contributed by atoms with Crippen LogP contribution in [0.3, 0.4) is 0 Å². The van der Waals surface area contributed by atoms with Gasteiger partial charge in [0.25, 0.3) is 0 Å². The molecule has 106 valence electrons. The predicted molar refractivity (Wildman–Crippen MR) is 89.4 cm³/mol. The zero-order valence-electron chi connectivity index (χ0n) is 12.2. The van der Waals surface area contributed by atoms with Crippen molar-refractivity contribution in [2.24, 2.45) is 5.73 Å². The quantitative estimate of drug-likeness (QED) is 0.509. The minimum atomic E-state index is 0.256. The Bertz CT molecular complexity index is 594. The largest absolute Gasteiger partial charge is 0.422 e. The highest BCUT2D eigenvalue weighted by Gasteiger charge is 2.19. The molecule has 1 aliphatic rings. The lowest BCUT2D eigenvalue weighted by Crippen LogP contribution is -2.21. The van der Waals surface area contributed by atoms with E-state index in [0.29, 0.717) is 15.1 Å². The number of fused-ring (bicyclic) bond motifs is 3. The van der Waals surface area contributed by atoms with E-state index in [1.54, 1.807) is 7.11 Å². The molecule has 1 aliphatic carbocycles. The SMILES string of the molecule is COBNc1ccc2c(c1)Cc1cc(BOCN)ccc1-2. The lowest BCUT2D eigenvalue weighted by atomic mass is 9.86. The first-order chi connectivity index (χ1) is 10.3. The Morgan fingerprint density at radius 2 is 1.90 bits per heavy atom. The maximum atomic E-state index is 5.38.